The number of halogens is 2. The maximum atomic E-state index is 12.1. The van der Waals surface area contributed by atoms with Gasteiger partial charge in [0.2, 0.25) is 0 Å². The van der Waals surface area contributed by atoms with Gasteiger partial charge in [0.25, 0.3) is 12.1 Å². The van der Waals surface area contributed by atoms with Crippen LogP contribution in [0.3, 0.4) is 0 Å². The molecule has 2 aromatic carbocycles. The maximum absolute atomic E-state index is 12.1. The molecule has 0 aliphatic carbocycles. The number of rotatable bonds is 4. The van der Waals surface area contributed by atoms with Crippen molar-refractivity contribution in [3.05, 3.63) is 76.7 Å². The summed E-state index contributed by atoms with van der Waals surface area (Å²) in [6, 6.07) is 4.62. The highest BCUT2D eigenvalue weighted by Crippen LogP contribution is 2.46. The van der Waals surface area contributed by atoms with Crippen molar-refractivity contribution in [2.45, 2.75) is 38.0 Å². The maximum Gasteiger partial charge on any atom is 0.279 e. The number of quaternary nitrogens is 1. The zero-order chi connectivity index (χ0) is 22.4. The number of hydrogen-bond donors (Lipinski definition) is 3. The minimum atomic E-state index is -1.40. The Hall–Kier alpha value is -2.24. The monoisotopic (exact) mass is 544 g/mol. The first kappa shape index (κ1) is 22.4. The normalized spacial score (nSPS) is 25.6. The molecule has 0 spiro atoms. The number of aromatic hydroxyl groups is 2. The van der Waals surface area contributed by atoms with Crippen molar-refractivity contribution in [2.75, 3.05) is 0 Å². The van der Waals surface area contributed by atoms with Crippen molar-refractivity contribution in [1.82, 2.24) is 0 Å². The lowest BCUT2D eigenvalue weighted by atomic mass is 9.66. The molecule has 4 N–H and O–H groups in total. The van der Waals surface area contributed by atoms with Gasteiger partial charge in [0.1, 0.15) is 16.9 Å². The van der Waals surface area contributed by atoms with Gasteiger partial charge in [-0.1, -0.05) is 31.9 Å². The molecule has 1 aliphatic rings. The summed E-state index contributed by atoms with van der Waals surface area (Å²) in [6.45, 7) is 2.98. The van der Waals surface area contributed by atoms with Crippen LogP contribution in [-0.2, 0) is 0 Å². The second-order valence-electron chi connectivity index (χ2n) is 7.93. The quantitative estimate of drug-likeness (QED) is 0.397. The molecule has 2 aromatic rings. The van der Waals surface area contributed by atoms with Gasteiger partial charge in [0, 0.05) is 18.8 Å². The van der Waals surface area contributed by atoms with Crippen molar-refractivity contribution < 1.29 is 25.4 Å². The minimum Gasteiger partial charge on any atom is -0.507 e. The van der Waals surface area contributed by atoms with Crippen LogP contribution in [0.2, 0.25) is 0 Å². The molecule has 9 nitrogen and oxygen atoms in total. The molecule has 0 bridgehead atoms. The standard InChI is InChI=1S/C19H19Br2N3O6/c1-19(2)17(23(27)28)15(11-7-9(20)3-5-13(11)25)22-16(18(19)24(29)30)12-8-10(21)4-6-14(12)26/h3-8,15-18,22,25-26H,1-2H3/p+1/t15-,16-,17-,18+/m1/s1. The first-order valence-electron chi connectivity index (χ1n) is 9.04. The largest absolute Gasteiger partial charge is 0.507 e. The molecule has 1 heterocycles. The summed E-state index contributed by atoms with van der Waals surface area (Å²) in [5, 5.41) is 46.6. The molecule has 0 saturated carbocycles. The van der Waals surface area contributed by atoms with Crippen LogP contribution < -0.4 is 5.32 Å². The van der Waals surface area contributed by atoms with Crippen LogP contribution in [0.4, 0.5) is 0 Å². The molecule has 1 aliphatic heterocycles. The topological polar surface area (TPSA) is 143 Å². The molecule has 0 aromatic heterocycles. The number of nitro groups is 2. The number of benzene rings is 2. The van der Waals surface area contributed by atoms with E-state index in [1.165, 1.54) is 31.3 Å². The van der Waals surface area contributed by atoms with E-state index >= 15 is 0 Å². The Balaban J connectivity index is 2.25. The average molecular weight is 546 g/mol. The average Bonchev–Trinajstić information content (AvgIpc) is 2.63. The molecule has 3 rings (SSSR count). The van der Waals surface area contributed by atoms with E-state index in [1.807, 2.05) is 0 Å². The third-order valence-corrected chi connectivity index (χ3v) is 6.76. The van der Waals surface area contributed by atoms with Crippen molar-refractivity contribution >= 4 is 31.9 Å². The fraction of sp³-hybridized carbons (Fsp3) is 0.368. The number of nitrogens with zero attached hydrogens (tertiary/aromatic N) is 2. The lowest BCUT2D eigenvalue weighted by Gasteiger charge is -2.41. The number of hydrogen-bond acceptors (Lipinski definition) is 6. The van der Waals surface area contributed by atoms with Crippen molar-refractivity contribution in [3.63, 3.8) is 0 Å². The van der Waals surface area contributed by atoms with Crippen molar-refractivity contribution in [1.29, 1.82) is 0 Å². The molecule has 0 amide bonds. The number of nitrogens with two attached hydrogens (primary N) is 1. The Bertz CT molecular complexity index is 938. The van der Waals surface area contributed by atoms with E-state index in [0.717, 1.165) is 0 Å². The first-order chi connectivity index (χ1) is 13.9. The van der Waals surface area contributed by atoms with Crippen molar-refractivity contribution in [3.8, 4) is 11.5 Å². The Kier molecular flexibility index (Phi) is 6.08. The summed E-state index contributed by atoms with van der Waals surface area (Å²) in [6.07, 6.45) is 0. The van der Waals surface area contributed by atoms with E-state index in [2.05, 4.69) is 31.9 Å². The third kappa shape index (κ3) is 3.88. The Morgan fingerprint density at radius 3 is 1.57 bits per heavy atom. The van der Waals surface area contributed by atoms with Gasteiger partial charge in [-0.25, -0.2) is 0 Å². The van der Waals surface area contributed by atoms with Gasteiger partial charge in [0.15, 0.2) is 12.1 Å². The van der Waals surface area contributed by atoms with Gasteiger partial charge >= 0.3 is 0 Å². The Morgan fingerprint density at radius 2 is 1.23 bits per heavy atom. The lowest BCUT2D eigenvalue weighted by Crippen LogP contribution is -2.96. The molecular formula is C19H20Br2N3O6+. The highest BCUT2D eigenvalue weighted by atomic mass is 79.9. The van der Waals surface area contributed by atoms with Crippen LogP contribution in [0, 0.1) is 25.6 Å². The number of phenolic OH excluding ortho intramolecular Hbond substituents is 2. The fourth-order valence-corrected chi connectivity index (χ4v) is 5.23. The van der Waals surface area contributed by atoms with E-state index in [4.69, 9.17) is 0 Å². The number of phenols is 2. The van der Waals surface area contributed by atoms with E-state index in [-0.39, 0.29) is 11.5 Å². The molecular weight excluding hydrogens is 526 g/mol. The predicted octanol–water partition coefficient (Wildman–Crippen LogP) is 3.30. The van der Waals surface area contributed by atoms with Gasteiger partial charge in [0.05, 0.1) is 11.1 Å². The predicted molar refractivity (Wildman–Crippen MR) is 114 cm³/mol. The minimum absolute atomic E-state index is 0.140. The smallest absolute Gasteiger partial charge is 0.279 e. The van der Waals surface area contributed by atoms with Crippen LogP contribution in [0.1, 0.15) is 37.1 Å². The Morgan fingerprint density at radius 1 is 0.867 bits per heavy atom. The molecule has 4 atom stereocenters. The van der Waals surface area contributed by atoms with Crippen LogP contribution >= 0.6 is 31.9 Å². The van der Waals surface area contributed by atoms with E-state index in [0.29, 0.717) is 20.1 Å². The molecule has 0 radical (unpaired) electrons. The van der Waals surface area contributed by atoms with E-state index in [9.17, 15) is 30.4 Å². The summed E-state index contributed by atoms with van der Waals surface area (Å²) < 4.78 is 1.23. The van der Waals surface area contributed by atoms with E-state index in [1.54, 1.807) is 24.3 Å². The summed E-state index contributed by atoms with van der Waals surface area (Å²) in [5.41, 5.74) is -0.818. The second kappa shape index (κ2) is 8.12. The second-order valence-corrected chi connectivity index (χ2v) is 9.76. The molecule has 30 heavy (non-hydrogen) atoms. The zero-order valence-corrected chi connectivity index (χ0v) is 19.2. The molecule has 1 saturated heterocycles. The lowest BCUT2D eigenvalue weighted by molar-refractivity contribution is -0.818. The summed E-state index contributed by atoms with van der Waals surface area (Å²) in [7, 11) is 0. The third-order valence-electron chi connectivity index (χ3n) is 5.77. The molecule has 11 heteroatoms. The highest BCUT2D eigenvalue weighted by molar-refractivity contribution is 9.10. The van der Waals surface area contributed by atoms with Crippen LogP contribution in [0.5, 0.6) is 11.5 Å². The zero-order valence-electron chi connectivity index (χ0n) is 16.0. The van der Waals surface area contributed by atoms with Crippen LogP contribution in [0.25, 0.3) is 0 Å². The van der Waals surface area contributed by atoms with E-state index < -0.39 is 39.4 Å². The Labute approximate surface area is 188 Å². The molecule has 1 fully saturated rings. The molecule has 0 unspecified atom stereocenters. The van der Waals surface area contributed by atoms with Crippen LogP contribution in [-0.4, -0.2) is 32.1 Å². The summed E-state index contributed by atoms with van der Waals surface area (Å²) >= 11 is 6.63. The highest BCUT2D eigenvalue weighted by Gasteiger charge is 2.66. The van der Waals surface area contributed by atoms with Gasteiger partial charge in [-0.2, -0.15) is 0 Å². The van der Waals surface area contributed by atoms with Gasteiger partial charge < -0.3 is 15.5 Å². The summed E-state index contributed by atoms with van der Waals surface area (Å²) in [4.78, 5) is 23.2. The first-order valence-corrected chi connectivity index (χ1v) is 10.6. The van der Waals surface area contributed by atoms with Crippen LogP contribution in [0.15, 0.2) is 45.3 Å². The SMILES string of the molecule is CC1(C)[C@@H]([N+](=O)[O-])[C@@H](c2cc(Br)ccc2O)[NH2+][C@H](c2cc(Br)ccc2O)[C@H]1[N+](=O)[O-]. The fourth-order valence-electron chi connectivity index (χ4n) is 4.47. The van der Waals surface area contributed by atoms with Gasteiger partial charge in [-0.15, -0.1) is 0 Å². The van der Waals surface area contributed by atoms with Gasteiger partial charge in [-0.3, -0.25) is 20.2 Å². The van der Waals surface area contributed by atoms with Gasteiger partial charge in [-0.05, 0) is 50.2 Å². The summed E-state index contributed by atoms with van der Waals surface area (Å²) in [5.74, 6) is -0.280. The molecule has 160 valence electrons. The number of piperidine rings is 1. The van der Waals surface area contributed by atoms with Crippen molar-refractivity contribution in [2.24, 2.45) is 5.41 Å².